The van der Waals surface area contributed by atoms with Crippen LogP contribution in [0.4, 0.5) is 10.2 Å². The van der Waals surface area contributed by atoms with Crippen LogP contribution in [-0.4, -0.2) is 61.4 Å². The van der Waals surface area contributed by atoms with Gasteiger partial charge in [0.15, 0.2) is 0 Å². The first kappa shape index (κ1) is 26.5. The van der Waals surface area contributed by atoms with Crippen molar-refractivity contribution in [2.45, 2.75) is 12.8 Å². The molecule has 1 aliphatic heterocycles. The molecule has 0 spiro atoms. The molecule has 9 nitrogen and oxygen atoms in total. The van der Waals surface area contributed by atoms with Gasteiger partial charge in [-0.15, -0.1) is 0 Å². The number of fused-ring (bicyclic) bond motifs is 1. The average molecular weight is 569 g/mol. The third-order valence-electron chi connectivity index (χ3n) is 7.34. The number of halogens is 2. The molecule has 1 saturated heterocycles. The largest absolute Gasteiger partial charge is 0.353 e. The Kier molecular flexibility index (Phi) is 7.12. The quantitative estimate of drug-likeness (QED) is 0.293. The number of nitriles is 1. The van der Waals surface area contributed by atoms with Crippen molar-refractivity contribution in [3.05, 3.63) is 89.3 Å². The van der Waals surface area contributed by atoms with Crippen LogP contribution in [-0.2, 0) is 18.3 Å². The van der Waals surface area contributed by atoms with E-state index in [-0.39, 0.29) is 5.91 Å². The predicted molar refractivity (Wildman–Crippen MR) is 154 cm³/mol. The van der Waals surface area contributed by atoms with E-state index in [4.69, 9.17) is 16.6 Å². The van der Waals surface area contributed by atoms with Gasteiger partial charge < -0.3 is 9.80 Å². The first-order valence-electron chi connectivity index (χ1n) is 13.2. The molecule has 0 N–H and O–H groups in total. The lowest BCUT2D eigenvalue weighted by atomic mass is 10.0. The second-order valence-corrected chi connectivity index (χ2v) is 10.5. The Morgan fingerprint density at radius 3 is 2.51 bits per heavy atom. The molecule has 41 heavy (non-hydrogen) atoms. The fourth-order valence-corrected chi connectivity index (χ4v) is 5.48. The zero-order valence-corrected chi connectivity index (χ0v) is 23.1. The normalized spacial score (nSPS) is 13.5. The number of rotatable bonds is 6. The summed E-state index contributed by atoms with van der Waals surface area (Å²) in [5, 5.41) is 18.7. The van der Waals surface area contributed by atoms with Crippen molar-refractivity contribution in [3.8, 4) is 28.3 Å². The van der Waals surface area contributed by atoms with Gasteiger partial charge in [0.05, 0.1) is 23.5 Å². The lowest BCUT2D eigenvalue weighted by Crippen LogP contribution is -2.49. The van der Waals surface area contributed by atoms with Crippen LogP contribution < -0.4 is 4.90 Å². The van der Waals surface area contributed by atoms with Gasteiger partial charge in [0.25, 0.3) is 0 Å². The molecule has 1 aliphatic rings. The number of aromatic nitrogens is 5. The number of amides is 1. The molecule has 1 fully saturated rings. The molecule has 0 atom stereocenters. The molecule has 1 amide bonds. The van der Waals surface area contributed by atoms with Gasteiger partial charge in [-0.05, 0) is 48.4 Å². The van der Waals surface area contributed by atoms with E-state index in [1.54, 1.807) is 27.7 Å². The van der Waals surface area contributed by atoms with Gasteiger partial charge >= 0.3 is 0 Å². The number of nitrogens with zero attached hydrogens (tertiary/aromatic N) is 8. The molecule has 1 aromatic carbocycles. The number of benzene rings is 1. The van der Waals surface area contributed by atoms with E-state index < -0.39 is 5.82 Å². The van der Waals surface area contributed by atoms with Gasteiger partial charge in [-0.25, -0.2) is 13.9 Å². The Bertz CT molecular complexity index is 1760. The molecular formula is C30H26ClFN8O. The van der Waals surface area contributed by atoms with Gasteiger partial charge in [-0.1, -0.05) is 11.6 Å². The van der Waals surface area contributed by atoms with E-state index in [9.17, 15) is 14.4 Å². The van der Waals surface area contributed by atoms with Crippen molar-refractivity contribution in [1.29, 1.82) is 5.26 Å². The highest BCUT2D eigenvalue weighted by molar-refractivity contribution is 6.30. The van der Waals surface area contributed by atoms with E-state index in [0.29, 0.717) is 55.2 Å². The number of piperazine rings is 1. The number of pyridine rings is 2. The summed E-state index contributed by atoms with van der Waals surface area (Å²) in [5.41, 5.74) is 5.53. The highest BCUT2D eigenvalue weighted by Gasteiger charge is 2.22. The molecule has 5 heterocycles. The minimum absolute atomic E-state index is 0.0416. The van der Waals surface area contributed by atoms with Crippen LogP contribution in [0.5, 0.6) is 0 Å². The lowest BCUT2D eigenvalue weighted by Gasteiger charge is -2.35. The van der Waals surface area contributed by atoms with Gasteiger partial charge in [0.1, 0.15) is 17.7 Å². The van der Waals surface area contributed by atoms with Gasteiger partial charge in [-0.2, -0.15) is 15.5 Å². The van der Waals surface area contributed by atoms with Crippen LogP contribution in [0.1, 0.15) is 17.5 Å². The van der Waals surface area contributed by atoms with E-state index in [2.05, 4.69) is 21.2 Å². The number of aryl methyl sites for hydroxylation is 2. The lowest BCUT2D eigenvalue weighted by molar-refractivity contribution is -0.131. The first-order chi connectivity index (χ1) is 19.9. The molecule has 0 aliphatic carbocycles. The summed E-state index contributed by atoms with van der Waals surface area (Å²) < 4.78 is 17.1. The number of carbonyl (C=O) groups is 1. The van der Waals surface area contributed by atoms with E-state index in [0.717, 1.165) is 33.6 Å². The fraction of sp³-hybridized carbons (Fsp3) is 0.233. The molecule has 11 heteroatoms. The second-order valence-electron chi connectivity index (χ2n) is 10.1. The zero-order valence-electron chi connectivity index (χ0n) is 22.3. The molecule has 0 radical (unpaired) electrons. The Morgan fingerprint density at radius 1 is 1.00 bits per heavy atom. The summed E-state index contributed by atoms with van der Waals surface area (Å²) in [5.74, 6) is 0.469. The molecule has 6 rings (SSSR count). The summed E-state index contributed by atoms with van der Waals surface area (Å²) in [6, 6.07) is 12.6. The molecule has 0 saturated carbocycles. The summed E-state index contributed by atoms with van der Waals surface area (Å²) >= 11 is 5.93. The Balaban J connectivity index is 1.15. The summed E-state index contributed by atoms with van der Waals surface area (Å²) in [6.07, 6.45) is 9.75. The maximum atomic E-state index is 13.6. The molecule has 4 aromatic heterocycles. The summed E-state index contributed by atoms with van der Waals surface area (Å²) in [4.78, 5) is 21.5. The number of anilines is 1. The van der Waals surface area contributed by atoms with Crippen molar-refractivity contribution in [2.75, 3.05) is 31.1 Å². The second kappa shape index (κ2) is 11.0. The van der Waals surface area contributed by atoms with E-state index in [1.165, 1.54) is 12.1 Å². The third kappa shape index (κ3) is 5.49. The highest BCUT2D eigenvalue weighted by atomic mass is 35.5. The summed E-state index contributed by atoms with van der Waals surface area (Å²) in [7, 11) is 1.87. The van der Waals surface area contributed by atoms with Crippen LogP contribution in [0.25, 0.3) is 27.8 Å². The van der Waals surface area contributed by atoms with Crippen molar-refractivity contribution in [2.24, 2.45) is 7.05 Å². The maximum Gasteiger partial charge on any atom is 0.223 e. The SMILES string of the molecule is Cn1cc(-c2cc(-c3ccc(N4CCN(C(=O)CCc5cc(F)cc(Cl)c5)CC4)nc3)c3c(C#N)cnn3c2)cn1. The average Bonchev–Trinajstić information content (AvgIpc) is 3.61. The summed E-state index contributed by atoms with van der Waals surface area (Å²) in [6.45, 7) is 2.49. The van der Waals surface area contributed by atoms with Crippen LogP contribution in [0.3, 0.4) is 0 Å². The Hall–Kier alpha value is -4.75. The maximum absolute atomic E-state index is 13.6. The molecule has 5 aromatic rings. The van der Waals surface area contributed by atoms with Crippen molar-refractivity contribution >= 4 is 28.8 Å². The van der Waals surface area contributed by atoms with Crippen molar-refractivity contribution < 1.29 is 9.18 Å². The molecule has 0 unspecified atom stereocenters. The minimum Gasteiger partial charge on any atom is -0.353 e. The minimum atomic E-state index is -0.395. The van der Waals surface area contributed by atoms with Gasteiger partial charge in [0, 0.05) is 85.5 Å². The first-order valence-corrected chi connectivity index (χ1v) is 13.6. The monoisotopic (exact) mass is 568 g/mol. The Morgan fingerprint density at radius 2 is 1.83 bits per heavy atom. The van der Waals surface area contributed by atoms with Crippen LogP contribution in [0.15, 0.2) is 67.4 Å². The molecule has 206 valence electrons. The molecule has 0 bridgehead atoms. The van der Waals surface area contributed by atoms with Crippen LogP contribution >= 0.6 is 11.6 Å². The fourth-order valence-electron chi connectivity index (χ4n) is 5.23. The van der Waals surface area contributed by atoms with Crippen molar-refractivity contribution in [3.63, 3.8) is 0 Å². The standard InChI is InChI=1S/C30H26ClFN8O/c1-37-18-24(17-35-37)22-12-27(30-23(14-33)16-36-40(30)19-22)21-3-4-28(34-15-21)38-6-8-39(9-7-38)29(41)5-2-20-10-25(31)13-26(32)11-20/h3-4,10-13,15-19H,2,5-9H2,1H3. The predicted octanol–water partition coefficient (Wildman–Crippen LogP) is 4.74. The third-order valence-corrected chi connectivity index (χ3v) is 7.55. The highest BCUT2D eigenvalue weighted by Crippen LogP contribution is 2.32. The smallest absolute Gasteiger partial charge is 0.223 e. The van der Waals surface area contributed by atoms with Crippen LogP contribution in [0.2, 0.25) is 5.02 Å². The molecular weight excluding hydrogens is 543 g/mol. The van der Waals surface area contributed by atoms with Gasteiger partial charge in [-0.3, -0.25) is 9.48 Å². The van der Waals surface area contributed by atoms with E-state index >= 15 is 0 Å². The van der Waals surface area contributed by atoms with Crippen LogP contribution in [0, 0.1) is 17.1 Å². The van der Waals surface area contributed by atoms with Gasteiger partial charge in [0.2, 0.25) is 5.91 Å². The zero-order chi connectivity index (χ0) is 28.5. The Labute approximate surface area is 241 Å². The van der Waals surface area contributed by atoms with Crippen molar-refractivity contribution in [1.82, 2.24) is 29.3 Å². The van der Waals surface area contributed by atoms with E-state index in [1.807, 2.05) is 48.7 Å². The number of carbonyl (C=O) groups excluding carboxylic acids is 1. The topological polar surface area (TPSA) is 95.3 Å². The number of hydrogen-bond acceptors (Lipinski definition) is 6. The number of hydrogen-bond donors (Lipinski definition) is 0.